The Kier molecular flexibility index (Phi) is 7.44. The van der Waals surface area contributed by atoms with Crippen LogP contribution < -0.4 is 20.0 Å². The summed E-state index contributed by atoms with van der Waals surface area (Å²) in [5, 5.41) is 3.33. The molecule has 0 amide bonds. The lowest BCUT2D eigenvalue weighted by Gasteiger charge is -2.34. The first-order chi connectivity index (χ1) is 19.2. The third kappa shape index (κ3) is 6.23. The summed E-state index contributed by atoms with van der Waals surface area (Å²) in [6.45, 7) is 7.49. The molecule has 0 saturated carbocycles. The summed E-state index contributed by atoms with van der Waals surface area (Å²) in [7, 11) is 2.17. The molecule has 4 aromatic rings. The molecule has 2 fully saturated rings. The Morgan fingerprint density at radius 2 is 1.28 bits per heavy atom. The third-order valence-corrected chi connectivity index (χ3v) is 7.34. The smallest absolute Gasteiger partial charge is 0.231 e. The number of rotatable bonds is 7. The van der Waals surface area contributed by atoms with Crippen molar-refractivity contribution in [3.8, 4) is 0 Å². The number of anilines is 5. The number of nitrogens with one attached hydrogen (secondary N) is 1. The van der Waals surface area contributed by atoms with Crippen LogP contribution in [-0.4, -0.2) is 89.2 Å². The number of aromatic nitrogens is 5. The molecule has 2 aromatic heterocycles. The van der Waals surface area contributed by atoms with E-state index in [2.05, 4.69) is 105 Å². The number of hydrogen-bond acceptors (Lipinski definition) is 10. The van der Waals surface area contributed by atoms with E-state index in [1.165, 1.54) is 11.3 Å². The van der Waals surface area contributed by atoms with Crippen LogP contribution in [0.1, 0.15) is 11.1 Å². The van der Waals surface area contributed by atoms with Crippen LogP contribution >= 0.6 is 0 Å². The number of nitrogens with zero attached hydrogens (tertiary/aromatic N) is 9. The maximum atomic E-state index is 4.69. The molecule has 0 unspecified atom stereocenters. The predicted molar refractivity (Wildman–Crippen MR) is 155 cm³/mol. The summed E-state index contributed by atoms with van der Waals surface area (Å²) in [5.74, 6) is 2.00. The highest BCUT2D eigenvalue weighted by Gasteiger charge is 2.21. The Labute approximate surface area is 229 Å². The van der Waals surface area contributed by atoms with Crippen molar-refractivity contribution in [1.82, 2.24) is 29.8 Å². The number of likely N-dealkylation sites (N-methyl/N-ethyl adjacent to an activating group) is 1. The molecule has 2 aromatic carbocycles. The van der Waals surface area contributed by atoms with E-state index in [1.54, 1.807) is 6.33 Å². The van der Waals surface area contributed by atoms with Gasteiger partial charge in [0.25, 0.3) is 0 Å². The average Bonchev–Trinajstić information content (AvgIpc) is 2.99. The van der Waals surface area contributed by atoms with E-state index in [4.69, 9.17) is 0 Å². The van der Waals surface area contributed by atoms with Crippen molar-refractivity contribution in [1.29, 1.82) is 0 Å². The van der Waals surface area contributed by atoms with Gasteiger partial charge in [-0.3, -0.25) is 0 Å². The van der Waals surface area contributed by atoms with Gasteiger partial charge in [-0.05, 0) is 42.4 Å². The van der Waals surface area contributed by atoms with Gasteiger partial charge in [-0.1, -0.05) is 30.3 Å². The maximum absolute atomic E-state index is 4.69. The molecule has 2 saturated heterocycles. The van der Waals surface area contributed by atoms with E-state index in [0.717, 1.165) is 76.0 Å². The maximum Gasteiger partial charge on any atom is 0.231 e. The minimum absolute atomic E-state index is 0.548. The fourth-order valence-electron chi connectivity index (χ4n) is 4.99. The lowest BCUT2D eigenvalue weighted by atomic mass is 10.1. The van der Waals surface area contributed by atoms with Crippen LogP contribution in [-0.2, 0) is 6.42 Å². The van der Waals surface area contributed by atoms with Crippen LogP contribution in [0.4, 0.5) is 29.2 Å². The molecule has 200 valence electrons. The van der Waals surface area contributed by atoms with Gasteiger partial charge in [0.05, 0.1) is 0 Å². The SMILES string of the molecule is CN1CCN(c2ccc(Nc3ncnc(N4CCN(c5ncc(Cc6ccccc6)cn5)CC4)n3)cc2)CC1. The van der Waals surface area contributed by atoms with E-state index < -0.39 is 0 Å². The first kappa shape index (κ1) is 25.0. The van der Waals surface area contributed by atoms with Gasteiger partial charge in [-0.2, -0.15) is 4.98 Å². The minimum atomic E-state index is 0.548. The predicted octanol–water partition coefficient (Wildman–Crippen LogP) is 3.07. The Balaban J connectivity index is 1.03. The van der Waals surface area contributed by atoms with Crippen LogP contribution in [0.5, 0.6) is 0 Å². The van der Waals surface area contributed by atoms with Gasteiger partial charge < -0.3 is 24.9 Å². The van der Waals surface area contributed by atoms with Gasteiger partial charge in [0.15, 0.2) is 0 Å². The molecule has 0 aliphatic carbocycles. The molecule has 39 heavy (non-hydrogen) atoms. The van der Waals surface area contributed by atoms with Crippen molar-refractivity contribution in [2.45, 2.75) is 6.42 Å². The minimum Gasteiger partial charge on any atom is -0.369 e. The van der Waals surface area contributed by atoms with Crippen molar-refractivity contribution < 1.29 is 0 Å². The summed E-state index contributed by atoms with van der Waals surface area (Å²) in [4.78, 5) is 31.9. The van der Waals surface area contributed by atoms with Crippen LogP contribution in [0.2, 0.25) is 0 Å². The molecule has 2 aliphatic heterocycles. The summed E-state index contributed by atoms with van der Waals surface area (Å²) in [5.41, 5.74) is 4.58. The Hall–Kier alpha value is -4.31. The normalized spacial score (nSPS) is 16.4. The first-order valence-corrected chi connectivity index (χ1v) is 13.5. The topological polar surface area (TPSA) is 89.4 Å². The van der Waals surface area contributed by atoms with Crippen LogP contribution in [0.25, 0.3) is 0 Å². The van der Waals surface area contributed by atoms with Crippen LogP contribution in [0.15, 0.2) is 73.3 Å². The highest BCUT2D eigenvalue weighted by molar-refractivity contribution is 5.60. The Morgan fingerprint density at radius 3 is 1.97 bits per heavy atom. The van der Waals surface area contributed by atoms with Crippen molar-refractivity contribution >= 4 is 29.2 Å². The van der Waals surface area contributed by atoms with Crippen molar-refractivity contribution in [3.05, 3.63) is 84.4 Å². The van der Waals surface area contributed by atoms with E-state index in [0.29, 0.717) is 11.9 Å². The fraction of sp³-hybridized carbons (Fsp3) is 0.345. The zero-order chi connectivity index (χ0) is 26.4. The molecule has 0 bridgehead atoms. The average molecular weight is 523 g/mol. The van der Waals surface area contributed by atoms with Gasteiger partial charge in [-0.25, -0.2) is 19.9 Å². The van der Waals surface area contributed by atoms with E-state index >= 15 is 0 Å². The van der Waals surface area contributed by atoms with Gasteiger partial charge in [0, 0.05) is 82.5 Å². The Morgan fingerprint density at radius 1 is 0.641 bits per heavy atom. The van der Waals surface area contributed by atoms with Crippen molar-refractivity contribution in [2.24, 2.45) is 0 Å². The first-order valence-electron chi connectivity index (χ1n) is 13.5. The van der Waals surface area contributed by atoms with E-state index in [1.807, 2.05) is 18.5 Å². The molecule has 6 rings (SSSR count). The summed E-state index contributed by atoms with van der Waals surface area (Å²) in [6.07, 6.45) is 6.28. The van der Waals surface area contributed by atoms with Crippen LogP contribution in [0.3, 0.4) is 0 Å². The molecule has 2 aliphatic rings. The van der Waals surface area contributed by atoms with E-state index in [9.17, 15) is 0 Å². The second-order valence-corrected chi connectivity index (χ2v) is 10.1. The molecule has 4 heterocycles. The fourth-order valence-corrected chi connectivity index (χ4v) is 4.99. The number of piperazine rings is 2. The van der Waals surface area contributed by atoms with Gasteiger partial charge in [0.2, 0.25) is 17.8 Å². The molecular formula is C29H34N10. The molecule has 0 atom stereocenters. The molecular weight excluding hydrogens is 488 g/mol. The lowest BCUT2D eigenvalue weighted by Crippen LogP contribution is -2.47. The number of benzene rings is 2. The summed E-state index contributed by atoms with van der Waals surface area (Å²) in [6, 6.07) is 18.9. The van der Waals surface area contributed by atoms with Crippen molar-refractivity contribution in [3.63, 3.8) is 0 Å². The van der Waals surface area contributed by atoms with Gasteiger partial charge in [0.1, 0.15) is 6.33 Å². The number of hydrogen-bond donors (Lipinski definition) is 1. The molecule has 10 heteroatoms. The van der Waals surface area contributed by atoms with Crippen LogP contribution in [0, 0.1) is 0 Å². The zero-order valence-corrected chi connectivity index (χ0v) is 22.3. The largest absolute Gasteiger partial charge is 0.369 e. The van der Waals surface area contributed by atoms with E-state index in [-0.39, 0.29) is 0 Å². The van der Waals surface area contributed by atoms with Crippen molar-refractivity contribution in [2.75, 3.05) is 79.4 Å². The third-order valence-electron chi connectivity index (χ3n) is 7.34. The highest BCUT2D eigenvalue weighted by Crippen LogP contribution is 2.22. The summed E-state index contributed by atoms with van der Waals surface area (Å²) >= 11 is 0. The second-order valence-electron chi connectivity index (χ2n) is 10.1. The molecule has 0 spiro atoms. The second kappa shape index (κ2) is 11.6. The monoisotopic (exact) mass is 522 g/mol. The quantitative estimate of drug-likeness (QED) is 0.391. The van der Waals surface area contributed by atoms with Gasteiger partial charge in [-0.15, -0.1) is 0 Å². The summed E-state index contributed by atoms with van der Waals surface area (Å²) < 4.78 is 0. The molecule has 10 nitrogen and oxygen atoms in total. The standard InChI is InChI=1S/C29H34N10/c1-36-11-13-37(14-12-36)26-9-7-25(8-10-26)34-27-32-22-33-29(35-27)39-17-15-38(16-18-39)28-30-20-24(21-31-28)19-23-5-3-2-4-6-23/h2-10,20-22H,11-19H2,1H3,(H,32,33,34,35). The zero-order valence-electron chi connectivity index (χ0n) is 22.3. The molecule has 0 radical (unpaired) electrons. The highest BCUT2D eigenvalue weighted by atomic mass is 15.4. The Bertz CT molecular complexity index is 1330. The molecule has 1 N–H and O–H groups in total. The lowest BCUT2D eigenvalue weighted by molar-refractivity contribution is 0.313. The van der Waals surface area contributed by atoms with Gasteiger partial charge >= 0.3 is 0 Å².